The van der Waals surface area contributed by atoms with Crippen molar-refractivity contribution in [1.29, 1.82) is 0 Å². The van der Waals surface area contributed by atoms with Crippen molar-refractivity contribution in [1.82, 2.24) is 0 Å². The summed E-state index contributed by atoms with van der Waals surface area (Å²) in [5.41, 5.74) is -1.65. The van der Waals surface area contributed by atoms with Crippen molar-refractivity contribution in [2.24, 2.45) is 33.6 Å². The second-order valence-corrected chi connectivity index (χ2v) is 10.6. The van der Waals surface area contributed by atoms with E-state index in [4.69, 9.17) is 4.74 Å². The highest BCUT2D eigenvalue weighted by Crippen LogP contribution is 2.66. The van der Waals surface area contributed by atoms with E-state index < -0.39 is 29.4 Å². The van der Waals surface area contributed by atoms with E-state index in [1.807, 2.05) is 6.92 Å². The molecular weight excluding hydrogens is 410 g/mol. The zero-order valence-corrected chi connectivity index (χ0v) is 18.6. The summed E-state index contributed by atoms with van der Waals surface area (Å²) in [6.45, 7) is 3.45. The Hall–Kier alpha value is -2.41. The van der Waals surface area contributed by atoms with Gasteiger partial charge in [-0.05, 0) is 61.5 Å². The van der Waals surface area contributed by atoms with Gasteiger partial charge < -0.3 is 9.84 Å². The number of ether oxygens (including phenoxy) is 1. The van der Waals surface area contributed by atoms with Gasteiger partial charge in [0.15, 0.2) is 12.4 Å². The standard InChI is InChI=1S/C25H29NO6/c1-23-8-5-15(27)11-14(23)3-4-16-17-6-9-25(31,24(17,2)12-19(28)21(16)23)20(29)13-32-22(30)18-7-10-26-18/h7,10-11,16-17,21,31H,3-6,8-9,12-13H2,1-2H3/t16-,17-,21+,23-,24-,25-/m0/s1. The summed E-state index contributed by atoms with van der Waals surface area (Å²) >= 11 is 0. The Kier molecular flexibility index (Phi) is 4.72. The number of rotatable bonds is 4. The first kappa shape index (κ1) is 21.4. The molecule has 7 nitrogen and oxygen atoms in total. The molecule has 5 aliphatic rings. The number of aliphatic hydroxyl groups is 1. The van der Waals surface area contributed by atoms with Crippen LogP contribution in [0.3, 0.4) is 0 Å². The van der Waals surface area contributed by atoms with Crippen LogP contribution in [-0.4, -0.2) is 46.3 Å². The fraction of sp³-hybridized carbons (Fsp3) is 0.640. The van der Waals surface area contributed by atoms with Gasteiger partial charge in [-0.1, -0.05) is 19.4 Å². The van der Waals surface area contributed by atoms with Gasteiger partial charge in [0.2, 0.25) is 5.78 Å². The molecule has 1 N–H and O–H groups in total. The van der Waals surface area contributed by atoms with Crippen LogP contribution in [0.4, 0.5) is 0 Å². The van der Waals surface area contributed by atoms with E-state index in [-0.39, 0.29) is 53.3 Å². The third kappa shape index (κ3) is 2.79. The summed E-state index contributed by atoms with van der Waals surface area (Å²) in [4.78, 5) is 54.4. The van der Waals surface area contributed by atoms with Crippen molar-refractivity contribution in [3.63, 3.8) is 0 Å². The summed E-state index contributed by atoms with van der Waals surface area (Å²) in [6.07, 6.45) is 8.49. The molecule has 7 heteroatoms. The highest BCUT2D eigenvalue weighted by molar-refractivity contribution is 6.43. The molecule has 1 aliphatic heterocycles. The molecule has 3 fully saturated rings. The predicted molar refractivity (Wildman–Crippen MR) is 115 cm³/mol. The van der Waals surface area contributed by atoms with Crippen LogP contribution in [0.2, 0.25) is 0 Å². The molecule has 4 aliphatic carbocycles. The Morgan fingerprint density at radius 3 is 2.62 bits per heavy atom. The minimum absolute atomic E-state index is 0.0322. The Morgan fingerprint density at radius 1 is 1.19 bits per heavy atom. The fourth-order valence-electron chi connectivity index (χ4n) is 7.44. The summed E-state index contributed by atoms with van der Waals surface area (Å²) in [5, 5.41) is 11.6. The highest BCUT2D eigenvalue weighted by Gasteiger charge is 2.68. The van der Waals surface area contributed by atoms with Crippen molar-refractivity contribution in [3.8, 4) is 0 Å². The molecule has 5 rings (SSSR count). The number of carbonyl (C=O) groups is 4. The van der Waals surface area contributed by atoms with Crippen molar-refractivity contribution < 1.29 is 29.0 Å². The number of fused-ring (bicyclic) bond motifs is 5. The SMILES string of the molecule is C[C@]12CCC(=O)C=C1CC[C@@H]1[C@@H]2C(=O)C[C@@]2(C)[C@H]1CC[C@]2(O)C(=O)COC(=O)C1=NC=C1. The van der Waals surface area contributed by atoms with Gasteiger partial charge in [0.1, 0.15) is 17.1 Å². The van der Waals surface area contributed by atoms with Crippen LogP contribution in [-0.2, 0) is 23.9 Å². The van der Waals surface area contributed by atoms with Gasteiger partial charge in [-0.15, -0.1) is 0 Å². The van der Waals surface area contributed by atoms with Gasteiger partial charge in [-0.2, -0.15) is 0 Å². The van der Waals surface area contributed by atoms with E-state index in [0.717, 1.165) is 18.4 Å². The molecule has 0 amide bonds. The third-order valence-corrected chi connectivity index (χ3v) is 9.26. The van der Waals surface area contributed by atoms with E-state index >= 15 is 0 Å². The Morgan fingerprint density at radius 2 is 1.94 bits per heavy atom. The molecule has 0 spiro atoms. The summed E-state index contributed by atoms with van der Waals surface area (Å²) in [6, 6.07) is 0. The number of carbonyl (C=O) groups excluding carboxylic acids is 4. The summed E-state index contributed by atoms with van der Waals surface area (Å²) in [5.74, 6) is -1.07. The molecule has 0 aromatic rings. The molecule has 0 saturated heterocycles. The van der Waals surface area contributed by atoms with E-state index in [2.05, 4.69) is 11.9 Å². The number of esters is 1. The largest absolute Gasteiger partial charge is 0.453 e. The van der Waals surface area contributed by atoms with E-state index in [0.29, 0.717) is 19.3 Å². The first-order valence-electron chi connectivity index (χ1n) is 11.5. The molecule has 1 heterocycles. The van der Waals surface area contributed by atoms with Gasteiger partial charge >= 0.3 is 5.97 Å². The number of Topliss-reactive ketones (excluding diaryl/α,β-unsaturated/α-hetero) is 2. The number of allylic oxidation sites excluding steroid dienone is 1. The molecule has 6 atom stereocenters. The molecule has 0 bridgehead atoms. The van der Waals surface area contributed by atoms with Crippen molar-refractivity contribution in [2.45, 2.75) is 64.4 Å². The second kappa shape index (κ2) is 7.04. The Balaban J connectivity index is 1.39. The second-order valence-electron chi connectivity index (χ2n) is 10.6. The normalized spacial score (nSPS) is 42.2. The maximum absolute atomic E-state index is 13.6. The molecule has 0 radical (unpaired) electrons. The average molecular weight is 440 g/mol. The quantitative estimate of drug-likeness (QED) is 0.674. The minimum atomic E-state index is -1.70. The van der Waals surface area contributed by atoms with Crippen molar-refractivity contribution in [2.75, 3.05) is 6.61 Å². The van der Waals surface area contributed by atoms with Gasteiger partial charge in [0.25, 0.3) is 0 Å². The number of hydrogen-bond acceptors (Lipinski definition) is 7. The first-order valence-corrected chi connectivity index (χ1v) is 11.5. The van der Waals surface area contributed by atoms with Crippen LogP contribution in [0.15, 0.2) is 28.9 Å². The lowest BCUT2D eigenvalue weighted by Crippen LogP contribution is -2.61. The van der Waals surface area contributed by atoms with Crippen LogP contribution in [0.25, 0.3) is 0 Å². The van der Waals surface area contributed by atoms with Crippen LogP contribution >= 0.6 is 0 Å². The van der Waals surface area contributed by atoms with E-state index in [9.17, 15) is 24.3 Å². The summed E-state index contributed by atoms with van der Waals surface area (Å²) in [7, 11) is 0. The lowest BCUT2D eigenvalue weighted by molar-refractivity contribution is -0.172. The number of hydrogen-bond donors (Lipinski definition) is 1. The Labute approximate surface area is 187 Å². The minimum Gasteiger partial charge on any atom is -0.453 e. The summed E-state index contributed by atoms with van der Waals surface area (Å²) < 4.78 is 5.09. The van der Waals surface area contributed by atoms with E-state index in [1.54, 1.807) is 6.08 Å². The smallest absolute Gasteiger partial charge is 0.357 e. The molecule has 0 aromatic carbocycles. The van der Waals surface area contributed by atoms with Crippen LogP contribution < -0.4 is 0 Å². The molecule has 170 valence electrons. The zero-order chi connectivity index (χ0) is 22.9. The third-order valence-electron chi connectivity index (χ3n) is 9.26. The molecule has 3 saturated carbocycles. The molecule has 0 unspecified atom stereocenters. The monoisotopic (exact) mass is 439 g/mol. The highest BCUT2D eigenvalue weighted by atomic mass is 16.5. The molecule has 0 aromatic heterocycles. The van der Waals surface area contributed by atoms with Gasteiger partial charge in [-0.3, -0.25) is 14.4 Å². The lowest BCUT2D eigenvalue weighted by atomic mass is 9.46. The van der Waals surface area contributed by atoms with Gasteiger partial charge in [-0.25, -0.2) is 9.79 Å². The molecule has 32 heavy (non-hydrogen) atoms. The van der Waals surface area contributed by atoms with Crippen molar-refractivity contribution in [3.05, 3.63) is 23.9 Å². The van der Waals surface area contributed by atoms with Crippen molar-refractivity contribution >= 4 is 29.0 Å². The lowest BCUT2D eigenvalue weighted by Gasteiger charge is -2.57. The maximum atomic E-state index is 13.6. The maximum Gasteiger partial charge on any atom is 0.357 e. The van der Waals surface area contributed by atoms with E-state index in [1.165, 1.54) is 12.3 Å². The molecular formula is C25H29NO6. The first-order chi connectivity index (χ1) is 15.1. The number of ketones is 3. The Bertz CT molecular complexity index is 1020. The van der Waals surface area contributed by atoms with Gasteiger partial charge in [0, 0.05) is 30.4 Å². The number of nitrogens with zero attached hydrogens (tertiary/aromatic N) is 1. The van der Waals surface area contributed by atoms with Crippen LogP contribution in [0.1, 0.15) is 58.8 Å². The predicted octanol–water partition coefficient (Wildman–Crippen LogP) is 2.51. The van der Waals surface area contributed by atoms with Gasteiger partial charge in [0.05, 0.1) is 0 Å². The fourth-order valence-corrected chi connectivity index (χ4v) is 7.44. The average Bonchev–Trinajstić information content (AvgIpc) is 2.96. The van der Waals surface area contributed by atoms with Crippen LogP contribution in [0, 0.1) is 28.6 Å². The zero-order valence-electron chi connectivity index (χ0n) is 18.6. The number of aliphatic imine (C=N–C) groups is 1. The topological polar surface area (TPSA) is 110 Å². The van der Waals surface area contributed by atoms with Crippen LogP contribution in [0.5, 0.6) is 0 Å².